The van der Waals surface area contributed by atoms with Crippen molar-refractivity contribution in [3.8, 4) is 0 Å². The van der Waals surface area contributed by atoms with Crippen molar-refractivity contribution in [3.63, 3.8) is 0 Å². The third-order valence-corrected chi connectivity index (χ3v) is 3.65. The molecule has 4 nitrogen and oxygen atoms in total. The summed E-state index contributed by atoms with van der Waals surface area (Å²) in [5.74, 6) is -0.471. The van der Waals surface area contributed by atoms with E-state index < -0.39 is 17.9 Å². The summed E-state index contributed by atoms with van der Waals surface area (Å²) in [6.07, 6.45) is 1.06. The van der Waals surface area contributed by atoms with Crippen LogP contribution in [0.3, 0.4) is 0 Å². The predicted molar refractivity (Wildman–Crippen MR) is 79.4 cm³/mol. The van der Waals surface area contributed by atoms with Gasteiger partial charge in [0, 0.05) is 5.69 Å². The summed E-state index contributed by atoms with van der Waals surface area (Å²) in [4.78, 5) is 26.3. The molecule has 114 valence electrons. The fourth-order valence-electron chi connectivity index (χ4n) is 2.70. The van der Waals surface area contributed by atoms with Crippen molar-refractivity contribution >= 4 is 17.5 Å². The van der Waals surface area contributed by atoms with Gasteiger partial charge in [0.25, 0.3) is 0 Å². The summed E-state index contributed by atoms with van der Waals surface area (Å²) in [6.45, 7) is 5.84. The first-order chi connectivity index (χ1) is 9.93. The molecular formula is C16H21FN2O2. The molecule has 2 rings (SSSR count). The first-order valence-corrected chi connectivity index (χ1v) is 7.33. The molecule has 0 aromatic heterocycles. The number of nitrogens with one attached hydrogen (secondary N) is 1. The Bertz CT molecular complexity index is 545. The normalized spacial score (nSPS) is 22.6. The largest absolute Gasteiger partial charge is 0.342 e. The molecule has 0 saturated carbocycles. The third-order valence-electron chi connectivity index (χ3n) is 3.65. The lowest BCUT2D eigenvalue weighted by Crippen LogP contribution is -2.63. The summed E-state index contributed by atoms with van der Waals surface area (Å²) in [6, 6.07) is 4.71. The van der Waals surface area contributed by atoms with Crippen molar-refractivity contribution in [2.75, 3.05) is 4.90 Å². The molecule has 0 spiro atoms. The molecule has 1 aromatic rings. The van der Waals surface area contributed by atoms with Crippen LogP contribution in [0.25, 0.3) is 0 Å². The van der Waals surface area contributed by atoms with E-state index in [1.54, 1.807) is 12.1 Å². The van der Waals surface area contributed by atoms with Gasteiger partial charge in [0.1, 0.15) is 17.9 Å². The number of hydrogen-bond acceptors (Lipinski definition) is 2. The maximum atomic E-state index is 13.4. The number of nitrogens with zero attached hydrogens (tertiary/aromatic N) is 1. The molecule has 2 unspecified atom stereocenters. The average molecular weight is 292 g/mol. The van der Waals surface area contributed by atoms with Crippen LogP contribution in [0.1, 0.15) is 33.6 Å². The minimum Gasteiger partial charge on any atom is -0.342 e. The lowest BCUT2D eigenvalue weighted by Gasteiger charge is -2.39. The smallest absolute Gasteiger partial charge is 0.250 e. The summed E-state index contributed by atoms with van der Waals surface area (Å²) in [5.41, 5.74) is 0.440. The number of anilines is 1. The fraction of sp³-hybridized carbons (Fsp3) is 0.500. The number of halogens is 1. The number of hydrogen-bond donors (Lipinski definition) is 1. The minimum absolute atomic E-state index is 0.166. The molecule has 0 bridgehead atoms. The van der Waals surface area contributed by atoms with Gasteiger partial charge in [-0.2, -0.15) is 0 Å². The Labute approximate surface area is 124 Å². The van der Waals surface area contributed by atoms with Crippen molar-refractivity contribution in [1.29, 1.82) is 0 Å². The van der Waals surface area contributed by atoms with Gasteiger partial charge >= 0.3 is 0 Å². The number of carbonyl (C=O) groups excluding carboxylic acids is 2. The summed E-state index contributed by atoms with van der Waals surface area (Å²) < 4.78 is 13.4. The number of benzene rings is 1. The van der Waals surface area contributed by atoms with Gasteiger partial charge in [-0.15, -0.1) is 0 Å². The predicted octanol–water partition coefficient (Wildman–Crippen LogP) is 2.48. The van der Waals surface area contributed by atoms with Crippen LogP contribution in [-0.2, 0) is 9.59 Å². The van der Waals surface area contributed by atoms with Crippen LogP contribution in [0, 0.1) is 11.7 Å². The van der Waals surface area contributed by atoms with Gasteiger partial charge in [0.15, 0.2) is 0 Å². The van der Waals surface area contributed by atoms with E-state index in [9.17, 15) is 14.0 Å². The molecule has 1 N–H and O–H groups in total. The molecule has 5 heteroatoms. The summed E-state index contributed by atoms with van der Waals surface area (Å²) in [7, 11) is 0. The van der Waals surface area contributed by atoms with Gasteiger partial charge in [-0.25, -0.2) is 4.39 Å². The van der Waals surface area contributed by atoms with Crippen LogP contribution in [0.5, 0.6) is 0 Å². The van der Waals surface area contributed by atoms with Gasteiger partial charge in [-0.05, 0) is 37.0 Å². The standard InChI is InChI=1S/C16H21FN2O2/c1-4-14-15(20)18-13(8-10(2)3)16(21)19(14)12-7-5-6-11(17)9-12/h5-7,9-10,13-14H,4,8H2,1-3H3,(H,18,20). The monoisotopic (exact) mass is 292 g/mol. The molecule has 0 radical (unpaired) electrons. The molecule has 1 aromatic carbocycles. The Morgan fingerprint density at radius 2 is 2.05 bits per heavy atom. The number of carbonyl (C=O) groups is 2. The van der Waals surface area contributed by atoms with Crippen molar-refractivity contribution in [2.45, 2.75) is 45.7 Å². The van der Waals surface area contributed by atoms with Gasteiger partial charge in [0.05, 0.1) is 0 Å². The lowest BCUT2D eigenvalue weighted by molar-refractivity contribution is -0.134. The van der Waals surface area contributed by atoms with E-state index in [2.05, 4.69) is 5.32 Å². The van der Waals surface area contributed by atoms with Gasteiger partial charge in [-0.3, -0.25) is 14.5 Å². The quantitative estimate of drug-likeness (QED) is 0.927. The maximum absolute atomic E-state index is 13.4. The van der Waals surface area contributed by atoms with Crippen molar-refractivity contribution in [2.24, 2.45) is 5.92 Å². The first-order valence-electron chi connectivity index (χ1n) is 7.33. The molecule has 1 aliphatic rings. The Morgan fingerprint density at radius 1 is 1.33 bits per heavy atom. The molecule has 1 heterocycles. The van der Waals surface area contributed by atoms with E-state index in [0.717, 1.165) is 0 Å². The molecule has 0 aliphatic carbocycles. The zero-order valence-electron chi connectivity index (χ0n) is 12.6. The second kappa shape index (κ2) is 6.24. The average Bonchev–Trinajstić information content (AvgIpc) is 2.41. The van der Waals surface area contributed by atoms with Crippen molar-refractivity contribution < 1.29 is 14.0 Å². The van der Waals surface area contributed by atoms with Crippen LogP contribution in [0.15, 0.2) is 24.3 Å². The van der Waals surface area contributed by atoms with E-state index >= 15 is 0 Å². The molecule has 2 atom stereocenters. The summed E-state index contributed by atoms with van der Waals surface area (Å²) >= 11 is 0. The molecule has 1 aliphatic heterocycles. The zero-order valence-corrected chi connectivity index (χ0v) is 12.6. The molecule has 2 amide bonds. The molecule has 21 heavy (non-hydrogen) atoms. The molecule has 1 fully saturated rings. The molecule has 1 saturated heterocycles. The SMILES string of the molecule is CCC1C(=O)NC(CC(C)C)C(=O)N1c1cccc(F)c1. The second-order valence-corrected chi connectivity index (χ2v) is 5.80. The highest BCUT2D eigenvalue weighted by molar-refractivity contribution is 6.08. The third kappa shape index (κ3) is 3.23. The number of amides is 2. The lowest BCUT2D eigenvalue weighted by atomic mass is 9.97. The molecular weight excluding hydrogens is 271 g/mol. The fourth-order valence-corrected chi connectivity index (χ4v) is 2.70. The Kier molecular flexibility index (Phi) is 4.60. The minimum atomic E-state index is -0.581. The van der Waals surface area contributed by atoms with Gasteiger partial charge in [-0.1, -0.05) is 26.8 Å². The highest BCUT2D eigenvalue weighted by Gasteiger charge is 2.40. The first kappa shape index (κ1) is 15.5. The Morgan fingerprint density at radius 3 is 2.62 bits per heavy atom. The van der Waals surface area contributed by atoms with E-state index in [4.69, 9.17) is 0 Å². The highest BCUT2D eigenvalue weighted by Crippen LogP contribution is 2.25. The van der Waals surface area contributed by atoms with Crippen molar-refractivity contribution in [1.82, 2.24) is 5.32 Å². The number of piperazine rings is 1. The highest BCUT2D eigenvalue weighted by atomic mass is 19.1. The van der Waals surface area contributed by atoms with Gasteiger partial charge in [0.2, 0.25) is 11.8 Å². The van der Waals surface area contributed by atoms with Gasteiger partial charge < -0.3 is 5.32 Å². The van der Waals surface area contributed by atoms with E-state index in [1.807, 2.05) is 20.8 Å². The van der Waals surface area contributed by atoms with Crippen LogP contribution >= 0.6 is 0 Å². The van der Waals surface area contributed by atoms with Crippen LogP contribution in [0.4, 0.5) is 10.1 Å². The Balaban J connectivity index is 2.37. The van der Waals surface area contributed by atoms with Crippen LogP contribution in [-0.4, -0.2) is 23.9 Å². The summed E-state index contributed by atoms with van der Waals surface area (Å²) in [5, 5.41) is 2.79. The van der Waals surface area contributed by atoms with E-state index in [0.29, 0.717) is 18.5 Å². The van der Waals surface area contributed by atoms with E-state index in [-0.39, 0.29) is 17.7 Å². The Hall–Kier alpha value is -1.91. The topological polar surface area (TPSA) is 49.4 Å². The number of rotatable bonds is 4. The van der Waals surface area contributed by atoms with E-state index in [1.165, 1.54) is 17.0 Å². The van der Waals surface area contributed by atoms with Crippen molar-refractivity contribution in [3.05, 3.63) is 30.1 Å². The van der Waals surface area contributed by atoms with Crippen LogP contribution in [0.2, 0.25) is 0 Å². The van der Waals surface area contributed by atoms with Crippen LogP contribution < -0.4 is 10.2 Å². The maximum Gasteiger partial charge on any atom is 0.250 e. The zero-order chi connectivity index (χ0) is 15.6. The second-order valence-electron chi connectivity index (χ2n) is 5.80.